The molecule has 1 N–H and O–H groups in total. The number of hydrogen-bond acceptors (Lipinski definition) is 3. The van der Waals surface area contributed by atoms with Gasteiger partial charge in [0.2, 0.25) is 5.91 Å². The summed E-state index contributed by atoms with van der Waals surface area (Å²) in [4.78, 5) is 17.4. The lowest BCUT2D eigenvalue weighted by Gasteiger charge is -2.37. The van der Waals surface area contributed by atoms with E-state index in [1.165, 1.54) is 29.2 Å². The maximum atomic E-state index is 12.6. The Morgan fingerprint density at radius 1 is 1.04 bits per heavy atom. The fourth-order valence-electron chi connectivity index (χ4n) is 4.54. The van der Waals surface area contributed by atoms with Crippen molar-refractivity contribution >= 4 is 16.7 Å². The Morgan fingerprint density at radius 2 is 1.74 bits per heavy atom. The summed E-state index contributed by atoms with van der Waals surface area (Å²) >= 11 is 0. The van der Waals surface area contributed by atoms with Crippen LogP contribution in [0.5, 0.6) is 0 Å². The fraction of sp³-hybridized carbons (Fsp3) is 0.522. The third-order valence-electron chi connectivity index (χ3n) is 6.31. The minimum absolute atomic E-state index is 0.0229. The Kier molecular flexibility index (Phi) is 5.74. The topological polar surface area (TPSA) is 35.6 Å². The van der Waals surface area contributed by atoms with Crippen LogP contribution in [0.4, 0.5) is 0 Å². The zero-order valence-corrected chi connectivity index (χ0v) is 16.4. The van der Waals surface area contributed by atoms with Gasteiger partial charge in [-0.15, -0.1) is 0 Å². The number of nitrogens with one attached hydrogen (secondary N) is 1. The third kappa shape index (κ3) is 4.33. The van der Waals surface area contributed by atoms with Crippen molar-refractivity contribution in [3.8, 4) is 0 Å². The molecule has 0 bridgehead atoms. The van der Waals surface area contributed by atoms with Crippen molar-refractivity contribution in [3.63, 3.8) is 0 Å². The van der Waals surface area contributed by atoms with Crippen molar-refractivity contribution in [1.29, 1.82) is 0 Å². The zero-order chi connectivity index (χ0) is 18.6. The summed E-state index contributed by atoms with van der Waals surface area (Å²) in [6.07, 6.45) is 4.81. The number of fused-ring (bicyclic) bond motifs is 1. The molecule has 1 saturated heterocycles. The normalized spacial score (nSPS) is 20.8. The molecule has 1 atom stereocenters. The molecule has 1 heterocycles. The van der Waals surface area contributed by atoms with Gasteiger partial charge in [0, 0.05) is 38.8 Å². The van der Waals surface area contributed by atoms with E-state index in [0.717, 1.165) is 45.6 Å². The van der Waals surface area contributed by atoms with Gasteiger partial charge in [-0.3, -0.25) is 14.6 Å². The number of rotatable bonds is 5. The summed E-state index contributed by atoms with van der Waals surface area (Å²) < 4.78 is 0. The molecule has 4 rings (SSSR count). The first kappa shape index (κ1) is 18.5. The van der Waals surface area contributed by atoms with Crippen LogP contribution in [0.3, 0.4) is 0 Å². The number of carbonyl (C=O) groups is 1. The van der Waals surface area contributed by atoms with Crippen LogP contribution in [0, 0.1) is 0 Å². The zero-order valence-electron chi connectivity index (χ0n) is 16.4. The first-order valence-electron chi connectivity index (χ1n) is 10.4. The van der Waals surface area contributed by atoms with Crippen LogP contribution in [0.2, 0.25) is 0 Å². The molecule has 2 aromatic carbocycles. The van der Waals surface area contributed by atoms with E-state index in [0.29, 0.717) is 6.04 Å². The summed E-state index contributed by atoms with van der Waals surface area (Å²) in [5.74, 6) is 0.212. The second kappa shape index (κ2) is 8.41. The average molecular weight is 366 g/mol. The fourth-order valence-corrected chi connectivity index (χ4v) is 4.54. The van der Waals surface area contributed by atoms with Gasteiger partial charge in [0.15, 0.2) is 0 Å². The minimum Gasteiger partial charge on any atom is -0.352 e. The lowest BCUT2D eigenvalue weighted by atomic mass is 10.0. The number of amides is 1. The third-order valence-corrected chi connectivity index (χ3v) is 6.31. The van der Waals surface area contributed by atoms with E-state index >= 15 is 0 Å². The van der Waals surface area contributed by atoms with Crippen LogP contribution < -0.4 is 5.32 Å². The van der Waals surface area contributed by atoms with Crippen molar-refractivity contribution < 1.29 is 4.79 Å². The van der Waals surface area contributed by atoms with Gasteiger partial charge in [-0.25, -0.2) is 0 Å². The van der Waals surface area contributed by atoms with E-state index in [1.54, 1.807) is 0 Å². The lowest BCUT2D eigenvalue weighted by Crippen LogP contribution is -2.54. The van der Waals surface area contributed by atoms with Crippen LogP contribution in [-0.2, 0) is 11.3 Å². The first-order valence-corrected chi connectivity index (χ1v) is 10.4. The predicted octanol–water partition coefficient (Wildman–Crippen LogP) is 3.40. The second-order valence-electron chi connectivity index (χ2n) is 8.12. The van der Waals surface area contributed by atoms with E-state index in [4.69, 9.17) is 0 Å². The number of carbonyl (C=O) groups excluding carboxylic acids is 1. The minimum atomic E-state index is -0.0229. The molecule has 0 spiro atoms. The quantitative estimate of drug-likeness (QED) is 0.882. The number of piperazine rings is 1. The van der Waals surface area contributed by atoms with Crippen LogP contribution in [0.1, 0.15) is 38.2 Å². The maximum Gasteiger partial charge on any atom is 0.237 e. The number of hydrogen-bond donors (Lipinski definition) is 1. The standard InChI is InChI=1S/C23H31N3O/c1-18(23(27)24-21-10-3-4-11-21)26-15-13-25(14-16-26)17-20-9-6-8-19-7-2-5-12-22(19)20/h2,5-9,12,18,21H,3-4,10-11,13-17H2,1H3,(H,24,27). The maximum absolute atomic E-state index is 12.6. The van der Waals surface area contributed by atoms with Gasteiger partial charge in [-0.2, -0.15) is 0 Å². The Morgan fingerprint density at radius 3 is 2.52 bits per heavy atom. The molecule has 4 nitrogen and oxygen atoms in total. The van der Waals surface area contributed by atoms with Gasteiger partial charge in [0.25, 0.3) is 0 Å². The molecule has 2 fully saturated rings. The van der Waals surface area contributed by atoms with Crippen molar-refractivity contribution in [3.05, 3.63) is 48.0 Å². The van der Waals surface area contributed by atoms with Crippen molar-refractivity contribution in [2.75, 3.05) is 26.2 Å². The highest BCUT2D eigenvalue weighted by Gasteiger charge is 2.27. The molecule has 4 heteroatoms. The van der Waals surface area contributed by atoms with Crippen molar-refractivity contribution in [1.82, 2.24) is 15.1 Å². The largest absolute Gasteiger partial charge is 0.352 e. The van der Waals surface area contributed by atoms with Crippen LogP contribution in [0.15, 0.2) is 42.5 Å². The van der Waals surface area contributed by atoms with Gasteiger partial charge in [-0.05, 0) is 36.1 Å². The van der Waals surface area contributed by atoms with Gasteiger partial charge in [0.05, 0.1) is 6.04 Å². The molecule has 27 heavy (non-hydrogen) atoms. The van der Waals surface area contributed by atoms with E-state index in [9.17, 15) is 4.79 Å². The molecule has 0 aromatic heterocycles. The smallest absolute Gasteiger partial charge is 0.237 e. The Balaban J connectivity index is 1.31. The SMILES string of the molecule is CC(C(=O)NC1CCCC1)N1CCN(Cc2cccc3ccccc23)CC1. The Hall–Kier alpha value is -1.91. The molecular formula is C23H31N3O. The van der Waals surface area contributed by atoms with E-state index in [1.807, 2.05) is 0 Å². The highest BCUT2D eigenvalue weighted by atomic mass is 16.2. The van der Waals surface area contributed by atoms with Gasteiger partial charge in [-0.1, -0.05) is 55.3 Å². The van der Waals surface area contributed by atoms with E-state index in [-0.39, 0.29) is 11.9 Å². The van der Waals surface area contributed by atoms with E-state index in [2.05, 4.69) is 64.5 Å². The van der Waals surface area contributed by atoms with E-state index < -0.39 is 0 Å². The summed E-state index contributed by atoms with van der Waals surface area (Å²) in [5, 5.41) is 5.92. The molecule has 2 aliphatic rings. The molecule has 1 saturated carbocycles. The van der Waals surface area contributed by atoms with Crippen LogP contribution in [0.25, 0.3) is 10.8 Å². The first-order chi connectivity index (χ1) is 13.2. The lowest BCUT2D eigenvalue weighted by molar-refractivity contribution is -0.127. The second-order valence-corrected chi connectivity index (χ2v) is 8.12. The van der Waals surface area contributed by atoms with Crippen LogP contribution >= 0.6 is 0 Å². The highest BCUT2D eigenvalue weighted by molar-refractivity contribution is 5.85. The molecular weight excluding hydrogens is 334 g/mol. The van der Waals surface area contributed by atoms with Gasteiger partial charge < -0.3 is 5.32 Å². The van der Waals surface area contributed by atoms with Crippen molar-refractivity contribution in [2.24, 2.45) is 0 Å². The summed E-state index contributed by atoms with van der Waals surface area (Å²) in [5.41, 5.74) is 1.40. The summed E-state index contributed by atoms with van der Waals surface area (Å²) in [6, 6.07) is 15.6. The molecule has 1 aliphatic carbocycles. The predicted molar refractivity (Wildman–Crippen MR) is 111 cm³/mol. The molecule has 1 unspecified atom stereocenters. The van der Waals surface area contributed by atoms with Gasteiger partial charge >= 0.3 is 0 Å². The highest BCUT2D eigenvalue weighted by Crippen LogP contribution is 2.21. The van der Waals surface area contributed by atoms with Crippen molar-refractivity contribution in [2.45, 2.75) is 51.2 Å². The molecule has 144 valence electrons. The molecule has 1 amide bonds. The average Bonchev–Trinajstić information content (AvgIpc) is 3.21. The number of nitrogens with zero attached hydrogens (tertiary/aromatic N) is 2. The Bertz CT molecular complexity index is 771. The molecule has 0 radical (unpaired) electrons. The summed E-state index contributed by atoms with van der Waals surface area (Å²) in [6.45, 7) is 7.01. The summed E-state index contributed by atoms with van der Waals surface area (Å²) in [7, 11) is 0. The molecule has 2 aromatic rings. The van der Waals surface area contributed by atoms with Crippen LogP contribution in [-0.4, -0.2) is 54.0 Å². The molecule has 1 aliphatic heterocycles. The Labute approximate surface area is 162 Å². The number of benzene rings is 2. The van der Waals surface area contributed by atoms with Gasteiger partial charge in [0.1, 0.15) is 0 Å². The monoisotopic (exact) mass is 365 g/mol.